The Morgan fingerprint density at radius 3 is 1.05 bits per heavy atom. The van der Waals surface area contributed by atoms with Crippen LogP contribution >= 0.6 is 56.7 Å². The fraction of sp³-hybridized carbons (Fsp3) is 0. The van der Waals surface area contributed by atoms with Crippen LogP contribution in [0.4, 0.5) is 55.5 Å². The predicted molar refractivity (Wildman–Crippen MR) is 578 cm³/mol. The molecule has 0 N–H and O–H groups in total. The molecule has 134 heavy (non-hydrogen) atoms. The number of fused-ring (bicyclic) bond motifs is 57. The molecule has 0 radical (unpaired) electrons. The van der Waals surface area contributed by atoms with Gasteiger partial charge in [-0.1, -0.05) is 285 Å². The number of para-hydroxylation sites is 12. The Balaban J connectivity index is 0.0000000770. The van der Waals surface area contributed by atoms with Gasteiger partial charge < -0.3 is 46.4 Å². The first-order valence-corrected chi connectivity index (χ1v) is 50.3. The summed E-state index contributed by atoms with van der Waals surface area (Å²) in [5, 5.41) is 26.4. The van der Waals surface area contributed by atoms with E-state index < -0.39 is 0 Å². The maximum atomic E-state index is 2.58. The van der Waals surface area contributed by atoms with E-state index in [1.165, 1.54) is 256 Å². The van der Waals surface area contributed by atoms with Gasteiger partial charge in [0.25, 0.3) is 0 Å². The average molecular weight is 1790 g/mol. The second-order valence-electron chi connectivity index (χ2n) is 36.3. The fourth-order valence-electron chi connectivity index (χ4n) is 25.2. The highest BCUT2D eigenvalue weighted by Crippen LogP contribution is 2.59. The van der Waals surface area contributed by atoms with E-state index in [9.17, 15) is 0 Å². The molecule has 16 aromatic carbocycles. The van der Waals surface area contributed by atoms with Crippen LogP contribution in [-0.2, 0) is 0 Å². The number of hydrogen-bond donors (Lipinski definition) is 0. The molecule has 0 saturated heterocycles. The normalized spacial score (nSPS) is 14.0. The SMILES string of the molecule is c1ccc2c(c1)-c1ccsc1B1N2c2cccc3c4ccccc4n1c23.c1ccc2c(c1)-c1sccc1B1N2c2cccc3c4ccccc4n1c23.c1ccc2c(c1)B1N(c3ccsc3-2)c2cccc3c4ccccc4n1c23.c1ccc2c(c1)B1N(c3sc4ccccc4c3-2)c2cccc3c4ccccc4n1c23.c1ccc2c(c1)B1N(c3sccc3-2)c2cccc3c4ccccc4n1c23. The molecule has 0 atom stereocenters. The lowest BCUT2D eigenvalue weighted by atomic mass is 9.61. The van der Waals surface area contributed by atoms with Crippen LogP contribution < -0.4 is 50.7 Å². The maximum Gasteiger partial charge on any atom is 0.431 e. The average Bonchev–Trinajstić information content (AvgIpc) is 1.52. The Bertz CT molecular complexity index is 9240. The highest BCUT2D eigenvalue weighted by Gasteiger charge is 2.52. The second kappa shape index (κ2) is 27.2. The highest BCUT2D eigenvalue weighted by atomic mass is 32.1. The summed E-state index contributed by atoms with van der Waals surface area (Å²) < 4.78 is 15.5. The largest absolute Gasteiger partial charge is 0.431 e. The number of anilines is 10. The first-order chi connectivity index (χ1) is 66.6. The van der Waals surface area contributed by atoms with Crippen LogP contribution in [-0.4, -0.2) is 57.3 Å². The Hall–Kier alpha value is -15.4. The lowest BCUT2D eigenvalue weighted by Crippen LogP contribution is -2.51. The van der Waals surface area contributed by atoms with Gasteiger partial charge in [0.1, 0.15) is 0 Å². The third kappa shape index (κ3) is 9.38. The van der Waals surface area contributed by atoms with E-state index in [2.05, 4.69) is 450 Å². The first-order valence-electron chi connectivity index (χ1n) is 46.0. The molecular weight excluding hydrogens is 1720 g/mol. The number of hydrogen-bond acceptors (Lipinski definition) is 10. The van der Waals surface area contributed by atoms with Gasteiger partial charge in [0.15, 0.2) is 0 Å². The van der Waals surface area contributed by atoms with Crippen LogP contribution in [0, 0.1) is 0 Å². The van der Waals surface area contributed by atoms with Crippen LogP contribution in [0.2, 0.25) is 0 Å². The highest BCUT2D eigenvalue weighted by molar-refractivity contribution is 7.25. The first kappa shape index (κ1) is 73.3. The molecule has 0 fully saturated rings. The van der Waals surface area contributed by atoms with E-state index in [0.717, 1.165) is 0 Å². The van der Waals surface area contributed by atoms with Crippen molar-refractivity contribution in [3.63, 3.8) is 0 Å². The fourth-order valence-corrected chi connectivity index (χ4v) is 30.3. The van der Waals surface area contributed by atoms with Crippen LogP contribution in [0.15, 0.2) is 404 Å². The van der Waals surface area contributed by atoms with E-state index in [4.69, 9.17) is 0 Å². The molecule has 0 saturated carbocycles. The molecule has 618 valence electrons. The number of rotatable bonds is 0. The van der Waals surface area contributed by atoms with Crippen LogP contribution in [0.25, 0.3) is 173 Å². The minimum atomic E-state index is 0.154. The molecule has 10 aliphatic heterocycles. The summed E-state index contributed by atoms with van der Waals surface area (Å²) in [6.45, 7) is 0.942. The van der Waals surface area contributed by atoms with Crippen molar-refractivity contribution in [2.24, 2.45) is 0 Å². The summed E-state index contributed by atoms with van der Waals surface area (Å²) in [4.78, 5) is 15.5. The van der Waals surface area contributed by atoms with E-state index in [1.54, 1.807) is 0 Å². The van der Waals surface area contributed by atoms with E-state index in [-0.39, 0.29) is 34.9 Å². The zero-order chi connectivity index (χ0) is 86.7. The van der Waals surface area contributed by atoms with E-state index >= 15 is 0 Å². The third-order valence-electron chi connectivity index (χ3n) is 30.1. The molecular formula is C114H67B5N10S5. The van der Waals surface area contributed by atoms with Crippen molar-refractivity contribution in [1.29, 1.82) is 0 Å². The molecule has 10 aromatic heterocycles. The van der Waals surface area contributed by atoms with Crippen molar-refractivity contribution in [2.75, 3.05) is 24.1 Å². The minimum Gasteiger partial charge on any atom is -0.359 e. The molecule has 0 amide bonds. The quantitative estimate of drug-likeness (QED) is 0.142. The molecule has 10 aliphatic rings. The third-order valence-corrected chi connectivity index (χ3v) is 35.1. The summed E-state index contributed by atoms with van der Waals surface area (Å²) in [5.74, 6) is 0. The summed E-state index contributed by atoms with van der Waals surface area (Å²) in [6, 6.07) is 140. The standard InChI is InChI=1S/C26H15BN2S.4C22H13BN2S/c1-4-12-20-18(9-1)24-19-10-3-6-15-23(19)30-26(24)29-22-14-7-11-17-16-8-2-5-13-21(16)28(25(17)22)27(20)29;1-4-10-19-14(6-1)16-8-5-11-20-21(16)25(19)23-22-17(12-13-26-22)15-7-2-3-9-18(15)24(20)23;1-3-9-17-16(7-1)22-20(12-13-26-22)24-19-11-5-8-15-14-6-2-4-10-18(14)25(21(15)19)23(17)24;1-3-9-18-14(6-1)15-8-5-11-20-21(15)25(18)23-17-12-13-26-22(17)16-7-2-4-10-19(16)24(20)23;1-3-9-18-14(6-1)17-12-13-26-22(17)25-20-11-5-8-16-15-7-2-4-10-19(15)24(21(16)20)23(18)25/h1-15H;4*1-13H. The van der Waals surface area contributed by atoms with Gasteiger partial charge in [-0.05, 0) is 163 Å². The number of aromatic nitrogens is 5. The monoisotopic (exact) mass is 1790 g/mol. The molecule has 0 bridgehead atoms. The Labute approximate surface area is 790 Å². The molecule has 36 rings (SSSR count). The summed E-state index contributed by atoms with van der Waals surface area (Å²) >= 11 is 9.32. The van der Waals surface area contributed by atoms with Gasteiger partial charge in [-0.3, -0.25) is 0 Å². The number of benzene rings is 16. The van der Waals surface area contributed by atoms with Crippen molar-refractivity contribution in [3.05, 3.63) is 404 Å². The molecule has 0 unspecified atom stereocenters. The van der Waals surface area contributed by atoms with E-state index in [0.29, 0.717) is 0 Å². The Morgan fingerprint density at radius 2 is 0.515 bits per heavy atom. The summed E-state index contributed by atoms with van der Waals surface area (Å²) in [6.07, 6.45) is 0. The lowest BCUT2D eigenvalue weighted by molar-refractivity contribution is 1.31. The Kier molecular flexibility index (Phi) is 14.9. The second-order valence-corrected chi connectivity index (χ2v) is 41.0. The molecule has 10 nitrogen and oxygen atoms in total. The van der Waals surface area contributed by atoms with Gasteiger partial charge in [0.2, 0.25) is 0 Å². The van der Waals surface area contributed by atoms with Gasteiger partial charge in [-0.2, -0.15) is 11.3 Å². The van der Waals surface area contributed by atoms with Gasteiger partial charge in [0.05, 0.1) is 70.9 Å². The number of nitrogens with zero attached hydrogens (tertiary/aromatic N) is 10. The summed E-state index contributed by atoms with van der Waals surface area (Å²) in [5.41, 5.74) is 40.4. The molecule has 0 aliphatic carbocycles. The van der Waals surface area contributed by atoms with Crippen molar-refractivity contribution < 1.29 is 0 Å². The van der Waals surface area contributed by atoms with Crippen LogP contribution in [0.5, 0.6) is 0 Å². The zero-order valence-corrected chi connectivity index (χ0v) is 75.7. The van der Waals surface area contributed by atoms with Gasteiger partial charge in [-0.25, -0.2) is 0 Å². The maximum absolute atomic E-state index is 2.58. The molecule has 26 aromatic rings. The minimum absolute atomic E-state index is 0.154. The van der Waals surface area contributed by atoms with Crippen LogP contribution in [0.3, 0.4) is 0 Å². The topological polar surface area (TPSA) is 40.9 Å². The van der Waals surface area contributed by atoms with Crippen molar-refractivity contribution >= 4 is 293 Å². The van der Waals surface area contributed by atoms with Gasteiger partial charge in [-0.15, -0.1) is 45.3 Å². The summed E-state index contributed by atoms with van der Waals surface area (Å²) in [7, 11) is 0. The van der Waals surface area contributed by atoms with Gasteiger partial charge >= 0.3 is 34.9 Å². The predicted octanol–water partition coefficient (Wildman–Crippen LogP) is 27.3. The molecule has 0 spiro atoms. The van der Waals surface area contributed by atoms with Crippen LogP contribution in [0.1, 0.15) is 0 Å². The Morgan fingerprint density at radius 1 is 0.179 bits per heavy atom. The molecule has 20 heteroatoms. The van der Waals surface area contributed by atoms with E-state index in [1.807, 2.05) is 56.7 Å². The molecule has 20 heterocycles. The van der Waals surface area contributed by atoms with Crippen molar-refractivity contribution in [3.8, 4) is 54.3 Å². The van der Waals surface area contributed by atoms with Gasteiger partial charge in [0, 0.05) is 141 Å². The lowest BCUT2D eigenvalue weighted by Gasteiger charge is -2.32. The van der Waals surface area contributed by atoms with Crippen molar-refractivity contribution in [1.82, 2.24) is 22.4 Å². The number of thiophene rings is 5. The zero-order valence-electron chi connectivity index (χ0n) is 71.6. The smallest absolute Gasteiger partial charge is 0.359 e. The van der Waals surface area contributed by atoms with Crippen molar-refractivity contribution in [2.45, 2.75) is 0 Å².